The van der Waals surface area contributed by atoms with E-state index in [9.17, 15) is 14.3 Å². The minimum atomic E-state index is -0.992. The molecule has 1 heterocycles. The number of imidazole rings is 1. The van der Waals surface area contributed by atoms with E-state index in [-0.39, 0.29) is 11.4 Å². The monoisotopic (exact) mass is 288 g/mol. The van der Waals surface area contributed by atoms with Crippen molar-refractivity contribution in [1.29, 1.82) is 0 Å². The number of rotatable bonds is 3. The molecule has 0 fully saturated rings. The van der Waals surface area contributed by atoms with Gasteiger partial charge in [-0.2, -0.15) is 0 Å². The lowest BCUT2D eigenvalue weighted by atomic mass is 10.0. The Balaban J connectivity index is 2.00. The third-order valence-corrected chi connectivity index (χ3v) is 3.35. The van der Waals surface area contributed by atoms with Crippen molar-refractivity contribution in [2.45, 2.75) is 6.10 Å². The van der Waals surface area contributed by atoms with E-state index in [0.29, 0.717) is 22.2 Å². The molecule has 0 spiro atoms. The zero-order valence-corrected chi connectivity index (χ0v) is 11.2. The number of halogens is 1. The minimum Gasteiger partial charge on any atom is -0.494 e. The number of aliphatic hydroxyl groups is 1. The number of methoxy groups -OCH3 is 1. The number of nitrogens with one attached hydrogen (secondary N) is 2. The number of aromatic nitrogens is 2. The summed E-state index contributed by atoms with van der Waals surface area (Å²) in [6.45, 7) is 0. The lowest BCUT2D eigenvalue weighted by Gasteiger charge is -2.12. The van der Waals surface area contributed by atoms with Crippen LogP contribution < -0.4 is 10.4 Å². The Morgan fingerprint density at radius 1 is 1.10 bits per heavy atom. The van der Waals surface area contributed by atoms with E-state index < -0.39 is 11.9 Å². The number of aromatic amines is 2. The molecule has 1 unspecified atom stereocenters. The van der Waals surface area contributed by atoms with Crippen molar-refractivity contribution in [1.82, 2.24) is 9.97 Å². The number of H-pyrrole nitrogens is 2. The Morgan fingerprint density at radius 3 is 2.48 bits per heavy atom. The van der Waals surface area contributed by atoms with Crippen molar-refractivity contribution in [3.63, 3.8) is 0 Å². The Kier molecular flexibility index (Phi) is 3.23. The smallest absolute Gasteiger partial charge is 0.323 e. The van der Waals surface area contributed by atoms with Gasteiger partial charge in [0.1, 0.15) is 6.10 Å². The molecule has 0 amide bonds. The van der Waals surface area contributed by atoms with Crippen LogP contribution in [0.3, 0.4) is 0 Å². The highest BCUT2D eigenvalue weighted by Gasteiger charge is 2.14. The van der Waals surface area contributed by atoms with Gasteiger partial charge < -0.3 is 19.8 Å². The summed E-state index contributed by atoms with van der Waals surface area (Å²) in [6, 6.07) is 9.30. The van der Waals surface area contributed by atoms with E-state index >= 15 is 0 Å². The second-order valence-corrected chi connectivity index (χ2v) is 4.68. The van der Waals surface area contributed by atoms with Crippen LogP contribution in [0.25, 0.3) is 11.0 Å². The zero-order valence-electron chi connectivity index (χ0n) is 11.2. The molecule has 3 aromatic rings. The van der Waals surface area contributed by atoms with E-state index in [1.807, 2.05) is 0 Å². The molecule has 2 aromatic carbocycles. The second-order valence-electron chi connectivity index (χ2n) is 4.68. The topological polar surface area (TPSA) is 78.1 Å². The van der Waals surface area contributed by atoms with Crippen molar-refractivity contribution in [3.05, 3.63) is 63.8 Å². The van der Waals surface area contributed by atoms with Gasteiger partial charge in [0, 0.05) is 0 Å². The summed E-state index contributed by atoms with van der Waals surface area (Å²) >= 11 is 0. The van der Waals surface area contributed by atoms with Crippen LogP contribution in [0, 0.1) is 5.82 Å². The SMILES string of the molecule is COc1ccc(C(O)c2ccc3[nH]c(=O)[nH]c3c2)cc1F. The molecular formula is C15H13FN2O3. The van der Waals surface area contributed by atoms with Gasteiger partial charge >= 0.3 is 5.69 Å². The molecule has 0 bridgehead atoms. The van der Waals surface area contributed by atoms with Gasteiger partial charge in [0.25, 0.3) is 0 Å². The average Bonchev–Trinajstić information content (AvgIpc) is 2.85. The molecule has 6 heteroatoms. The molecule has 3 rings (SSSR count). The van der Waals surface area contributed by atoms with Crippen LogP contribution in [-0.2, 0) is 0 Å². The van der Waals surface area contributed by atoms with Crippen molar-refractivity contribution in [3.8, 4) is 5.75 Å². The van der Waals surface area contributed by atoms with Crippen LogP contribution in [0.2, 0.25) is 0 Å². The first-order valence-corrected chi connectivity index (χ1v) is 6.32. The number of ether oxygens (including phenoxy) is 1. The van der Waals surface area contributed by atoms with Gasteiger partial charge in [0.2, 0.25) is 0 Å². The fourth-order valence-corrected chi connectivity index (χ4v) is 2.27. The molecule has 21 heavy (non-hydrogen) atoms. The first-order valence-electron chi connectivity index (χ1n) is 6.32. The summed E-state index contributed by atoms with van der Waals surface area (Å²) in [5.41, 5.74) is 1.89. The number of aliphatic hydroxyl groups excluding tert-OH is 1. The predicted molar refractivity (Wildman–Crippen MR) is 75.9 cm³/mol. The van der Waals surface area contributed by atoms with Crippen LogP contribution in [0.1, 0.15) is 17.2 Å². The molecule has 0 aliphatic carbocycles. The summed E-state index contributed by atoms with van der Waals surface area (Å²) in [6.07, 6.45) is -0.992. The Bertz CT molecular complexity index is 853. The molecular weight excluding hydrogens is 275 g/mol. The predicted octanol–water partition coefficient (Wildman–Crippen LogP) is 2.09. The fourth-order valence-electron chi connectivity index (χ4n) is 2.27. The van der Waals surface area contributed by atoms with E-state index in [2.05, 4.69) is 9.97 Å². The summed E-state index contributed by atoms with van der Waals surface area (Å²) < 4.78 is 18.5. The van der Waals surface area contributed by atoms with Crippen molar-refractivity contribution in [2.75, 3.05) is 7.11 Å². The van der Waals surface area contributed by atoms with Crippen LogP contribution in [-0.4, -0.2) is 22.2 Å². The van der Waals surface area contributed by atoms with Gasteiger partial charge in [-0.25, -0.2) is 9.18 Å². The summed E-state index contributed by atoms with van der Waals surface area (Å²) in [5, 5.41) is 10.3. The minimum absolute atomic E-state index is 0.122. The maximum atomic E-state index is 13.7. The third-order valence-electron chi connectivity index (χ3n) is 3.35. The summed E-state index contributed by atoms with van der Waals surface area (Å²) in [5.74, 6) is -0.415. The van der Waals surface area contributed by atoms with Crippen LogP contribution in [0.5, 0.6) is 5.75 Å². The maximum Gasteiger partial charge on any atom is 0.323 e. The normalized spacial score (nSPS) is 12.5. The lowest BCUT2D eigenvalue weighted by Crippen LogP contribution is -2.01. The zero-order chi connectivity index (χ0) is 15.0. The first kappa shape index (κ1) is 13.4. The molecule has 5 nitrogen and oxygen atoms in total. The Hall–Kier alpha value is -2.60. The first-order chi connectivity index (χ1) is 10.1. The molecule has 1 aromatic heterocycles. The van der Waals surface area contributed by atoms with E-state index in [1.165, 1.54) is 19.2 Å². The highest BCUT2D eigenvalue weighted by atomic mass is 19.1. The Morgan fingerprint density at radius 2 is 1.76 bits per heavy atom. The van der Waals surface area contributed by atoms with E-state index in [1.54, 1.807) is 24.3 Å². The molecule has 108 valence electrons. The molecule has 1 atom stereocenters. The molecule has 0 aliphatic heterocycles. The van der Waals surface area contributed by atoms with Gasteiger partial charge in [-0.3, -0.25) is 0 Å². The maximum absolute atomic E-state index is 13.7. The highest BCUT2D eigenvalue weighted by Crippen LogP contribution is 2.27. The number of hydrogen-bond donors (Lipinski definition) is 3. The quantitative estimate of drug-likeness (QED) is 0.690. The van der Waals surface area contributed by atoms with Crippen LogP contribution in [0.15, 0.2) is 41.2 Å². The van der Waals surface area contributed by atoms with Gasteiger partial charge in [0.05, 0.1) is 18.1 Å². The lowest BCUT2D eigenvalue weighted by molar-refractivity contribution is 0.219. The van der Waals surface area contributed by atoms with Gasteiger partial charge in [-0.15, -0.1) is 0 Å². The Labute approximate surface area is 119 Å². The summed E-state index contributed by atoms with van der Waals surface area (Å²) in [7, 11) is 1.38. The van der Waals surface area contributed by atoms with E-state index in [0.717, 1.165) is 0 Å². The van der Waals surface area contributed by atoms with E-state index in [4.69, 9.17) is 4.74 Å². The third kappa shape index (κ3) is 2.41. The molecule has 0 saturated carbocycles. The van der Waals surface area contributed by atoms with Gasteiger partial charge in [-0.05, 0) is 35.4 Å². The molecule has 0 saturated heterocycles. The fraction of sp³-hybridized carbons (Fsp3) is 0.133. The van der Waals surface area contributed by atoms with Crippen molar-refractivity contribution in [2.24, 2.45) is 0 Å². The molecule has 0 radical (unpaired) electrons. The molecule has 0 aliphatic rings. The number of fused-ring (bicyclic) bond motifs is 1. The summed E-state index contributed by atoms with van der Waals surface area (Å²) in [4.78, 5) is 16.5. The van der Waals surface area contributed by atoms with Gasteiger partial charge in [-0.1, -0.05) is 12.1 Å². The largest absolute Gasteiger partial charge is 0.494 e. The second kappa shape index (κ2) is 5.06. The van der Waals surface area contributed by atoms with Crippen molar-refractivity contribution < 1.29 is 14.2 Å². The highest BCUT2D eigenvalue weighted by molar-refractivity contribution is 5.75. The van der Waals surface area contributed by atoms with Crippen LogP contribution >= 0.6 is 0 Å². The average molecular weight is 288 g/mol. The van der Waals surface area contributed by atoms with Gasteiger partial charge in [0.15, 0.2) is 11.6 Å². The molecule has 3 N–H and O–H groups in total. The standard InChI is InChI=1S/C15H13FN2O3/c1-21-13-5-3-8(6-10(13)16)14(19)9-2-4-11-12(7-9)18-15(20)17-11/h2-7,14,19H,1H3,(H2,17,18,20). The van der Waals surface area contributed by atoms with Crippen LogP contribution in [0.4, 0.5) is 4.39 Å². The number of benzene rings is 2. The van der Waals surface area contributed by atoms with Crippen molar-refractivity contribution >= 4 is 11.0 Å². The number of hydrogen-bond acceptors (Lipinski definition) is 3.